The lowest BCUT2D eigenvalue weighted by Gasteiger charge is -2.05. The van der Waals surface area contributed by atoms with Gasteiger partial charge in [-0.1, -0.05) is 19.9 Å². The minimum absolute atomic E-state index is 0.750. The molecule has 0 bridgehead atoms. The molecule has 0 aromatic rings. The molecule has 1 aliphatic rings. The predicted molar refractivity (Wildman–Crippen MR) is 61.1 cm³/mol. The van der Waals surface area contributed by atoms with E-state index in [1.165, 1.54) is 5.57 Å². The molecule has 2 nitrogen and oxygen atoms in total. The summed E-state index contributed by atoms with van der Waals surface area (Å²) in [4.78, 5) is 3.84. The first-order chi connectivity index (χ1) is 6.43. The van der Waals surface area contributed by atoms with Crippen LogP contribution in [0, 0.1) is 0 Å². The summed E-state index contributed by atoms with van der Waals surface area (Å²) in [5.41, 5.74) is 1.32. The maximum Gasteiger partial charge on any atom is 0.0585 e. The zero-order valence-corrected chi connectivity index (χ0v) is 9.03. The van der Waals surface area contributed by atoms with Gasteiger partial charge in [0.05, 0.1) is 11.7 Å². The van der Waals surface area contributed by atoms with Crippen molar-refractivity contribution in [2.75, 3.05) is 13.1 Å². The lowest BCUT2D eigenvalue weighted by Crippen LogP contribution is -2.08. The monoisotopic (exact) mass is 196 g/mol. The Morgan fingerprint density at radius 3 is 2.92 bits per heavy atom. The van der Waals surface area contributed by atoms with Gasteiger partial charge in [0.15, 0.2) is 0 Å². The molecule has 72 valence electrons. The molecule has 0 aliphatic carbocycles. The van der Waals surface area contributed by atoms with Crippen molar-refractivity contribution in [3.05, 3.63) is 23.9 Å². The van der Waals surface area contributed by atoms with E-state index in [1.54, 1.807) is 0 Å². The highest BCUT2D eigenvalue weighted by Gasteiger charge is 1.94. The molecule has 1 N–H and O–H groups in total. The Bertz CT molecular complexity index is 225. The van der Waals surface area contributed by atoms with Crippen molar-refractivity contribution in [1.82, 2.24) is 5.32 Å². The molecule has 0 aromatic carbocycles. The third-order valence-corrected chi connectivity index (χ3v) is 1.60. The number of thiocarbonyl (C=S) groups is 1. The minimum Gasteiger partial charge on any atom is -0.387 e. The van der Waals surface area contributed by atoms with Gasteiger partial charge in [-0.05, 0) is 36.5 Å². The number of allylic oxidation sites excluding steroid dienone is 1. The van der Waals surface area contributed by atoms with Crippen molar-refractivity contribution in [2.45, 2.75) is 20.3 Å². The summed E-state index contributed by atoms with van der Waals surface area (Å²) in [5.74, 6) is 0. The van der Waals surface area contributed by atoms with Crippen molar-refractivity contribution in [3.8, 4) is 0 Å². The fourth-order valence-electron chi connectivity index (χ4n) is 0.908. The van der Waals surface area contributed by atoms with Gasteiger partial charge in [-0.15, -0.1) is 0 Å². The maximum atomic E-state index is 4.45. The normalized spacial score (nSPS) is 12.9. The number of aliphatic imine (C=N–C) groups is 1. The van der Waals surface area contributed by atoms with Crippen molar-refractivity contribution in [1.29, 1.82) is 0 Å². The third-order valence-electron chi connectivity index (χ3n) is 1.47. The molecule has 1 aliphatic heterocycles. The van der Waals surface area contributed by atoms with Crippen LogP contribution >= 0.6 is 12.2 Å². The van der Waals surface area contributed by atoms with E-state index < -0.39 is 0 Å². The summed E-state index contributed by atoms with van der Waals surface area (Å²) in [7, 11) is 0. The topological polar surface area (TPSA) is 24.4 Å². The van der Waals surface area contributed by atoms with E-state index in [1.807, 2.05) is 20.0 Å². The van der Waals surface area contributed by atoms with E-state index >= 15 is 0 Å². The second-order valence-electron chi connectivity index (χ2n) is 2.24. The van der Waals surface area contributed by atoms with Crippen LogP contribution in [0.15, 0.2) is 28.9 Å². The molecule has 3 heteroatoms. The molecule has 0 fully saturated rings. The van der Waals surface area contributed by atoms with E-state index in [2.05, 4.69) is 39.8 Å². The number of hydrogen-bond donors (Lipinski definition) is 1. The number of nitrogens with one attached hydrogen (secondary N) is 1. The van der Waals surface area contributed by atoms with Crippen LogP contribution in [-0.2, 0) is 0 Å². The summed E-state index contributed by atoms with van der Waals surface area (Å²) in [6.45, 7) is 5.67. The zero-order valence-electron chi connectivity index (χ0n) is 8.21. The van der Waals surface area contributed by atoms with Gasteiger partial charge in [0, 0.05) is 6.54 Å². The van der Waals surface area contributed by atoms with Gasteiger partial charge in [0.25, 0.3) is 0 Å². The van der Waals surface area contributed by atoms with Gasteiger partial charge < -0.3 is 5.32 Å². The molecular weight excluding hydrogens is 180 g/mol. The average Bonchev–Trinajstić information content (AvgIpc) is 2.23. The van der Waals surface area contributed by atoms with Gasteiger partial charge >= 0.3 is 0 Å². The molecular formula is C10H16N2S. The Balaban J connectivity index is 0.000000671. The SMILES string of the molecule is CC.S=C=NCCC1=CCNC=C1. The molecule has 1 heterocycles. The van der Waals surface area contributed by atoms with Crippen LogP contribution < -0.4 is 5.32 Å². The molecule has 0 unspecified atom stereocenters. The van der Waals surface area contributed by atoms with Gasteiger partial charge in [0.2, 0.25) is 0 Å². The molecule has 0 spiro atoms. The Labute approximate surface area is 85.4 Å². The van der Waals surface area contributed by atoms with Crippen LogP contribution in [0.25, 0.3) is 0 Å². The fourth-order valence-corrected chi connectivity index (χ4v) is 0.999. The first kappa shape index (κ1) is 12.1. The van der Waals surface area contributed by atoms with Crippen molar-refractivity contribution >= 4 is 17.4 Å². The summed E-state index contributed by atoms with van der Waals surface area (Å²) < 4.78 is 0. The number of nitrogens with zero attached hydrogens (tertiary/aromatic N) is 1. The minimum atomic E-state index is 0.750. The molecule has 13 heavy (non-hydrogen) atoms. The lowest BCUT2D eigenvalue weighted by atomic mass is 10.1. The van der Waals surface area contributed by atoms with E-state index in [4.69, 9.17) is 0 Å². The first-order valence-corrected chi connectivity index (χ1v) is 4.97. The summed E-state index contributed by atoms with van der Waals surface area (Å²) in [6, 6.07) is 0. The smallest absolute Gasteiger partial charge is 0.0585 e. The first-order valence-electron chi connectivity index (χ1n) is 4.56. The van der Waals surface area contributed by atoms with Crippen molar-refractivity contribution in [2.24, 2.45) is 4.99 Å². The molecule has 0 saturated heterocycles. The Hall–Kier alpha value is -0.920. The predicted octanol–water partition coefficient (Wildman–Crippen LogP) is 2.55. The highest BCUT2D eigenvalue weighted by Crippen LogP contribution is 2.04. The largest absolute Gasteiger partial charge is 0.387 e. The number of dihydropyridines is 1. The zero-order chi connectivity index (χ0) is 9.94. The molecule has 0 radical (unpaired) electrons. The highest BCUT2D eigenvalue weighted by atomic mass is 32.1. The van der Waals surface area contributed by atoms with Gasteiger partial charge in [-0.2, -0.15) is 0 Å². The van der Waals surface area contributed by atoms with E-state index in [9.17, 15) is 0 Å². The van der Waals surface area contributed by atoms with E-state index in [0.717, 1.165) is 19.5 Å². The van der Waals surface area contributed by atoms with Gasteiger partial charge in [0.1, 0.15) is 0 Å². The van der Waals surface area contributed by atoms with Crippen molar-refractivity contribution < 1.29 is 0 Å². The summed E-state index contributed by atoms with van der Waals surface area (Å²) >= 11 is 4.45. The fraction of sp³-hybridized carbons (Fsp3) is 0.500. The van der Waals surface area contributed by atoms with Gasteiger partial charge in [-0.3, -0.25) is 0 Å². The second-order valence-corrected chi connectivity index (χ2v) is 2.43. The van der Waals surface area contributed by atoms with Gasteiger partial charge in [-0.25, -0.2) is 4.99 Å². The van der Waals surface area contributed by atoms with Crippen LogP contribution in [0.4, 0.5) is 0 Å². The number of isothiocyanates is 1. The quantitative estimate of drug-likeness (QED) is 0.554. The molecule has 0 saturated carbocycles. The Morgan fingerprint density at radius 1 is 1.62 bits per heavy atom. The number of rotatable bonds is 3. The highest BCUT2D eigenvalue weighted by molar-refractivity contribution is 7.78. The summed E-state index contributed by atoms with van der Waals surface area (Å²) in [5, 5.41) is 5.43. The van der Waals surface area contributed by atoms with Crippen LogP contribution in [0.3, 0.4) is 0 Å². The van der Waals surface area contributed by atoms with Crippen LogP contribution in [0.5, 0.6) is 0 Å². The maximum absolute atomic E-state index is 4.45. The molecule has 0 aromatic heterocycles. The molecule has 1 rings (SSSR count). The Kier molecular flexibility index (Phi) is 8.52. The molecule has 0 atom stereocenters. The van der Waals surface area contributed by atoms with Crippen molar-refractivity contribution in [3.63, 3.8) is 0 Å². The Morgan fingerprint density at radius 2 is 2.38 bits per heavy atom. The van der Waals surface area contributed by atoms with Crippen LogP contribution in [-0.4, -0.2) is 18.3 Å². The van der Waals surface area contributed by atoms with Crippen LogP contribution in [0.2, 0.25) is 0 Å². The molecule has 0 amide bonds. The lowest BCUT2D eigenvalue weighted by molar-refractivity contribution is 0.909. The number of hydrogen-bond acceptors (Lipinski definition) is 3. The summed E-state index contributed by atoms with van der Waals surface area (Å²) in [6.07, 6.45) is 7.12. The average molecular weight is 196 g/mol. The van der Waals surface area contributed by atoms with E-state index in [-0.39, 0.29) is 0 Å². The van der Waals surface area contributed by atoms with Crippen LogP contribution in [0.1, 0.15) is 20.3 Å². The standard InChI is InChI=1S/C8H10N2S.C2H6/c11-7-10-6-3-8-1-4-9-5-2-8;1-2/h1-2,4,9H,3,5-6H2;1-2H3. The second kappa shape index (κ2) is 9.17. The van der Waals surface area contributed by atoms with E-state index in [0.29, 0.717) is 0 Å². The third kappa shape index (κ3) is 6.26.